The zero-order valence-electron chi connectivity index (χ0n) is 9.10. The van der Waals surface area contributed by atoms with E-state index in [2.05, 4.69) is 4.72 Å². The fourth-order valence-corrected chi connectivity index (χ4v) is 2.27. The summed E-state index contributed by atoms with van der Waals surface area (Å²) in [5, 5.41) is 4.76. The van der Waals surface area contributed by atoms with Crippen molar-refractivity contribution < 1.29 is 22.0 Å². The number of carbonyl (C=O) groups is 1. The monoisotopic (exact) mass is 271 g/mol. The second kappa shape index (κ2) is 5.69. The first-order chi connectivity index (χ1) is 7.79. The average Bonchev–Trinajstić information content (AvgIpc) is 2.24. The highest BCUT2D eigenvalue weighted by atomic mass is 32.2. The van der Waals surface area contributed by atoms with Gasteiger partial charge in [0.15, 0.2) is 0 Å². The van der Waals surface area contributed by atoms with Crippen LogP contribution in [-0.2, 0) is 15.0 Å². The Morgan fingerprint density at radius 1 is 1.53 bits per heavy atom. The van der Waals surface area contributed by atoms with Crippen molar-refractivity contribution in [1.82, 2.24) is 9.62 Å². The predicted molar refractivity (Wildman–Crippen MR) is 56.4 cm³/mol. The third-order valence-electron chi connectivity index (χ3n) is 2.59. The molecular weight excluding hydrogens is 256 g/mol. The summed E-state index contributed by atoms with van der Waals surface area (Å²) in [6.07, 6.45) is -1.76. The topological polar surface area (TPSA) is 92.5 Å². The van der Waals surface area contributed by atoms with Crippen molar-refractivity contribution in [3.8, 4) is 0 Å². The van der Waals surface area contributed by atoms with Gasteiger partial charge in [0, 0.05) is 19.6 Å². The lowest BCUT2D eigenvalue weighted by Gasteiger charge is -2.32. The first-order valence-electron chi connectivity index (χ1n) is 5.14. The largest absolute Gasteiger partial charge is 0.337 e. The summed E-state index contributed by atoms with van der Waals surface area (Å²) in [4.78, 5) is 12.1. The highest BCUT2D eigenvalue weighted by Gasteiger charge is 2.28. The molecule has 1 fully saturated rings. The van der Waals surface area contributed by atoms with Crippen molar-refractivity contribution in [2.45, 2.75) is 19.3 Å². The number of alkyl halides is 2. The van der Waals surface area contributed by atoms with E-state index >= 15 is 0 Å². The van der Waals surface area contributed by atoms with Crippen LogP contribution in [0.4, 0.5) is 8.78 Å². The van der Waals surface area contributed by atoms with Crippen molar-refractivity contribution in [2.75, 3.05) is 19.6 Å². The van der Waals surface area contributed by atoms with E-state index in [1.165, 1.54) is 0 Å². The number of nitrogens with zero attached hydrogens (tertiary/aromatic N) is 1. The third-order valence-corrected chi connectivity index (χ3v) is 3.16. The molecule has 1 saturated heterocycles. The minimum Gasteiger partial charge on any atom is -0.337 e. The molecule has 1 unspecified atom stereocenters. The smallest absolute Gasteiger partial charge is 0.315 e. The molecule has 0 radical (unpaired) electrons. The molecular formula is C8H15F2N3O3S. The van der Waals surface area contributed by atoms with Gasteiger partial charge in [0.2, 0.25) is 0 Å². The zero-order valence-corrected chi connectivity index (χ0v) is 9.92. The Labute approximate surface area is 98.3 Å². The fourth-order valence-electron chi connectivity index (χ4n) is 1.80. The summed E-state index contributed by atoms with van der Waals surface area (Å²) in [6.45, 7) is 0.479. The lowest BCUT2D eigenvalue weighted by Crippen LogP contribution is -2.46. The summed E-state index contributed by atoms with van der Waals surface area (Å²) in [5.41, 5.74) is 0. The van der Waals surface area contributed by atoms with Crippen molar-refractivity contribution >= 4 is 16.1 Å². The van der Waals surface area contributed by atoms with Crippen LogP contribution in [0.15, 0.2) is 0 Å². The molecule has 100 valence electrons. The van der Waals surface area contributed by atoms with Gasteiger partial charge in [0.05, 0.1) is 0 Å². The van der Waals surface area contributed by atoms with Crippen LogP contribution < -0.4 is 9.86 Å². The average molecular weight is 271 g/mol. The molecule has 0 spiro atoms. The number of likely N-dealkylation sites (tertiary alicyclic amines) is 1. The number of amides is 1. The van der Waals surface area contributed by atoms with E-state index in [4.69, 9.17) is 5.14 Å². The van der Waals surface area contributed by atoms with E-state index in [-0.39, 0.29) is 25.6 Å². The first kappa shape index (κ1) is 14.3. The number of carbonyl (C=O) groups excluding carboxylic acids is 1. The molecule has 0 bridgehead atoms. The Balaban J connectivity index is 2.47. The maximum atomic E-state index is 12.2. The van der Waals surface area contributed by atoms with Crippen molar-refractivity contribution in [1.29, 1.82) is 0 Å². The molecule has 1 aliphatic heterocycles. The summed E-state index contributed by atoms with van der Waals surface area (Å²) < 4.78 is 47.8. The van der Waals surface area contributed by atoms with Gasteiger partial charge < -0.3 is 4.90 Å². The van der Waals surface area contributed by atoms with Crippen LogP contribution in [0.25, 0.3) is 0 Å². The van der Waals surface area contributed by atoms with E-state index in [1.807, 2.05) is 0 Å². The molecule has 0 aromatic rings. The molecule has 0 aromatic heterocycles. The van der Waals surface area contributed by atoms with Crippen molar-refractivity contribution in [3.63, 3.8) is 0 Å². The van der Waals surface area contributed by atoms with Crippen LogP contribution in [0.1, 0.15) is 12.8 Å². The van der Waals surface area contributed by atoms with Crippen molar-refractivity contribution in [2.24, 2.45) is 11.1 Å². The van der Waals surface area contributed by atoms with Crippen LogP contribution in [0.2, 0.25) is 0 Å². The van der Waals surface area contributed by atoms with Gasteiger partial charge >= 0.3 is 6.43 Å². The predicted octanol–water partition coefficient (Wildman–Crippen LogP) is -0.717. The molecule has 1 rings (SSSR count). The fraction of sp³-hybridized carbons (Fsp3) is 0.875. The van der Waals surface area contributed by atoms with Crippen LogP contribution in [-0.4, -0.2) is 45.3 Å². The molecule has 0 saturated carbocycles. The van der Waals surface area contributed by atoms with Gasteiger partial charge in [0.1, 0.15) is 0 Å². The molecule has 1 atom stereocenters. The molecule has 0 aromatic carbocycles. The number of halogens is 2. The Kier molecular flexibility index (Phi) is 4.78. The van der Waals surface area contributed by atoms with Crippen LogP contribution in [0, 0.1) is 5.92 Å². The molecule has 1 aliphatic rings. The normalized spacial score (nSPS) is 21.9. The van der Waals surface area contributed by atoms with Gasteiger partial charge in [-0.25, -0.2) is 9.86 Å². The lowest BCUT2D eigenvalue weighted by atomic mass is 9.98. The van der Waals surface area contributed by atoms with Gasteiger partial charge in [-0.1, -0.05) is 0 Å². The lowest BCUT2D eigenvalue weighted by molar-refractivity contribution is -0.144. The quantitative estimate of drug-likeness (QED) is 0.707. The van der Waals surface area contributed by atoms with Gasteiger partial charge in [0.25, 0.3) is 16.1 Å². The van der Waals surface area contributed by atoms with E-state index in [1.54, 1.807) is 0 Å². The highest BCUT2D eigenvalue weighted by Crippen LogP contribution is 2.17. The molecule has 6 nitrogen and oxygen atoms in total. The molecule has 9 heteroatoms. The maximum Gasteiger partial charge on any atom is 0.315 e. The van der Waals surface area contributed by atoms with Gasteiger partial charge in [-0.15, -0.1) is 0 Å². The Morgan fingerprint density at radius 3 is 2.71 bits per heavy atom. The SMILES string of the molecule is NS(=O)(=O)NCC1CCCN(C(=O)C(F)F)C1. The highest BCUT2D eigenvalue weighted by molar-refractivity contribution is 7.87. The minimum atomic E-state index is -3.78. The van der Waals surface area contributed by atoms with Crippen LogP contribution in [0.5, 0.6) is 0 Å². The summed E-state index contributed by atoms with van der Waals surface area (Å²) in [6, 6.07) is 0. The van der Waals surface area contributed by atoms with Gasteiger partial charge in [-0.2, -0.15) is 17.2 Å². The zero-order chi connectivity index (χ0) is 13.1. The summed E-state index contributed by atoms with van der Waals surface area (Å²) in [5.74, 6) is -1.38. The number of rotatable bonds is 4. The standard InChI is InChI=1S/C8H15F2N3O3S/c9-7(10)8(14)13-3-1-2-6(5-13)4-12-17(11,15)16/h6-7,12H,1-5H2,(H2,11,15,16). The number of piperidine rings is 1. The Morgan fingerprint density at radius 2 is 2.18 bits per heavy atom. The van der Waals surface area contributed by atoms with Crippen molar-refractivity contribution in [3.05, 3.63) is 0 Å². The second-order valence-electron chi connectivity index (χ2n) is 3.99. The Hall–Kier alpha value is -0.800. The number of nitrogens with two attached hydrogens (primary N) is 1. The molecule has 1 amide bonds. The van der Waals surface area contributed by atoms with E-state index in [9.17, 15) is 22.0 Å². The minimum absolute atomic E-state index is 0.0614. The van der Waals surface area contributed by atoms with Gasteiger partial charge in [-0.05, 0) is 18.8 Å². The van der Waals surface area contributed by atoms with E-state index in [0.717, 1.165) is 4.90 Å². The molecule has 0 aliphatic carbocycles. The Bertz CT molecular complexity index is 374. The van der Waals surface area contributed by atoms with Crippen LogP contribution in [0.3, 0.4) is 0 Å². The molecule has 3 N–H and O–H groups in total. The number of hydrogen-bond acceptors (Lipinski definition) is 3. The van der Waals surface area contributed by atoms with E-state index in [0.29, 0.717) is 12.8 Å². The number of hydrogen-bond donors (Lipinski definition) is 2. The number of nitrogens with one attached hydrogen (secondary N) is 1. The summed E-state index contributed by atoms with van der Waals surface area (Å²) >= 11 is 0. The first-order valence-corrected chi connectivity index (χ1v) is 6.68. The summed E-state index contributed by atoms with van der Waals surface area (Å²) in [7, 11) is -3.78. The molecule has 17 heavy (non-hydrogen) atoms. The maximum absolute atomic E-state index is 12.2. The van der Waals surface area contributed by atoms with E-state index < -0.39 is 22.5 Å². The third kappa shape index (κ3) is 4.92. The van der Waals surface area contributed by atoms with Gasteiger partial charge in [-0.3, -0.25) is 4.79 Å². The molecule has 1 heterocycles. The second-order valence-corrected chi connectivity index (χ2v) is 5.37. The van der Waals surface area contributed by atoms with Crippen LogP contribution >= 0.6 is 0 Å².